The van der Waals surface area contributed by atoms with Crippen LogP contribution in [0.2, 0.25) is 0 Å². The summed E-state index contributed by atoms with van der Waals surface area (Å²) in [6.07, 6.45) is 0. The summed E-state index contributed by atoms with van der Waals surface area (Å²) in [7, 11) is -2.39. The maximum Gasteiger partial charge on any atom is 0.145 e. The van der Waals surface area contributed by atoms with Gasteiger partial charge in [-0.1, -0.05) is 0 Å². The fraction of sp³-hybridized carbons (Fsp3) is 0.500. The maximum atomic E-state index is 10.2. The van der Waals surface area contributed by atoms with E-state index in [1.807, 2.05) is 0 Å². The van der Waals surface area contributed by atoms with E-state index in [9.17, 15) is 8.42 Å². The summed E-state index contributed by atoms with van der Waals surface area (Å²) in [5, 5.41) is 9.64. The van der Waals surface area contributed by atoms with Crippen molar-refractivity contribution in [3.05, 3.63) is 11.4 Å². The molecule has 1 aromatic heterocycles. The normalized spacial score (nSPS) is 10.6. The van der Waals surface area contributed by atoms with Gasteiger partial charge in [0.05, 0.1) is 11.4 Å². The lowest BCUT2D eigenvalue weighted by molar-refractivity contribution is 0.613. The number of aromatic amines is 1. The van der Waals surface area contributed by atoms with Gasteiger partial charge >= 0.3 is 0 Å². The van der Waals surface area contributed by atoms with E-state index in [4.69, 9.17) is 0 Å². The van der Waals surface area contributed by atoms with Crippen LogP contribution in [-0.4, -0.2) is 23.8 Å². The molecule has 0 saturated heterocycles. The summed E-state index contributed by atoms with van der Waals surface area (Å²) in [5.74, 6) is -0.0301. The van der Waals surface area contributed by atoms with Gasteiger partial charge in [-0.3, -0.25) is 0 Å². The molecule has 1 rings (SSSR count). The lowest BCUT2D eigenvalue weighted by atomic mass is 10.4. The van der Waals surface area contributed by atoms with Crippen LogP contribution in [0.3, 0.4) is 0 Å². The van der Waals surface area contributed by atoms with Crippen LogP contribution in [0.5, 0.6) is 0 Å². The Balaban J connectivity index is 2.84. The van der Waals surface area contributed by atoms with Gasteiger partial charge in [-0.2, -0.15) is 15.4 Å². The highest BCUT2D eigenvalue weighted by Crippen LogP contribution is 1.98. The molecule has 0 aliphatic carbocycles. The van der Waals surface area contributed by atoms with E-state index in [0.717, 1.165) is 0 Å². The fourth-order valence-electron chi connectivity index (χ4n) is 0.578. The lowest BCUT2D eigenvalue weighted by Gasteiger charge is -1.83. The van der Waals surface area contributed by atoms with E-state index in [1.165, 1.54) is 0 Å². The fourth-order valence-corrected chi connectivity index (χ4v) is 1.12. The number of H-pyrrole nitrogens is 1. The molecule has 1 N–H and O–H groups in total. The second-order valence-corrected chi connectivity index (χ2v) is 2.83. The number of aromatic nitrogens is 3. The molecule has 6 heteroatoms. The predicted molar refractivity (Wildman–Crippen MR) is 35.1 cm³/mol. The Kier molecular flexibility index (Phi) is 2.00. The zero-order valence-electron chi connectivity index (χ0n) is 5.37. The average Bonchev–Trinajstić information content (AvgIpc) is 2.15. The van der Waals surface area contributed by atoms with E-state index < -0.39 is 10.7 Å². The molecular formula is C4H7N3O2S. The zero-order chi connectivity index (χ0) is 7.56. The summed E-state index contributed by atoms with van der Waals surface area (Å²) in [6, 6.07) is 0. The highest BCUT2D eigenvalue weighted by Gasteiger charge is 2.02. The van der Waals surface area contributed by atoms with Crippen LogP contribution < -0.4 is 0 Å². The molecule has 56 valence electrons. The highest BCUT2D eigenvalue weighted by atomic mass is 32.2. The molecule has 0 fully saturated rings. The largest absolute Gasteiger partial charge is 0.231 e. The first kappa shape index (κ1) is 7.20. The molecular weight excluding hydrogens is 154 g/mol. The minimum atomic E-state index is -2.39. The van der Waals surface area contributed by atoms with Crippen molar-refractivity contribution in [2.75, 3.05) is 0 Å². The molecule has 0 radical (unpaired) electrons. The Bertz CT molecular complexity index is 282. The van der Waals surface area contributed by atoms with Crippen LogP contribution >= 0.6 is 0 Å². The van der Waals surface area contributed by atoms with Gasteiger partial charge in [0.15, 0.2) is 0 Å². The smallest absolute Gasteiger partial charge is 0.145 e. The Morgan fingerprint density at radius 3 is 2.60 bits per heavy atom. The van der Waals surface area contributed by atoms with Gasteiger partial charge in [-0.25, -0.2) is 8.42 Å². The summed E-state index contributed by atoms with van der Waals surface area (Å²) in [4.78, 5) is 0. The molecule has 0 saturated carbocycles. The minimum Gasteiger partial charge on any atom is -0.231 e. The van der Waals surface area contributed by atoms with Crippen LogP contribution in [-0.2, 0) is 16.5 Å². The molecule has 0 unspecified atom stereocenters. The summed E-state index contributed by atoms with van der Waals surface area (Å²) < 4.78 is 20.3. The summed E-state index contributed by atoms with van der Waals surface area (Å²) in [6.45, 7) is 1.71. The zero-order valence-corrected chi connectivity index (χ0v) is 6.26. The third-order valence-electron chi connectivity index (χ3n) is 1.10. The standard InChI is InChI=1S/C4H7N3O2S/c1-3-4(2-10(8)9)6-7-5-3/h10H,2H2,1H3,(H,5,6,7). The van der Waals surface area contributed by atoms with Crippen molar-refractivity contribution >= 4 is 10.7 Å². The topological polar surface area (TPSA) is 75.7 Å². The monoisotopic (exact) mass is 161 g/mol. The quantitative estimate of drug-likeness (QED) is 0.558. The minimum absolute atomic E-state index is 0.0301. The van der Waals surface area contributed by atoms with Crippen molar-refractivity contribution in [1.29, 1.82) is 0 Å². The van der Waals surface area contributed by atoms with E-state index in [1.54, 1.807) is 6.92 Å². The molecule has 10 heavy (non-hydrogen) atoms. The van der Waals surface area contributed by atoms with Gasteiger partial charge < -0.3 is 0 Å². The second-order valence-electron chi connectivity index (χ2n) is 1.85. The van der Waals surface area contributed by atoms with Crippen molar-refractivity contribution < 1.29 is 8.42 Å². The van der Waals surface area contributed by atoms with Crippen molar-refractivity contribution in [2.45, 2.75) is 12.7 Å². The first-order valence-corrected chi connectivity index (χ1v) is 4.04. The first-order valence-electron chi connectivity index (χ1n) is 2.68. The van der Waals surface area contributed by atoms with E-state index >= 15 is 0 Å². The highest BCUT2D eigenvalue weighted by molar-refractivity contribution is 7.71. The third kappa shape index (κ3) is 1.53. The van der Waals surface area contributed by atoms with Crippen molar-refractivity contribution in [3.63, 3.8) is 0 Å². The Labute approximate surface area is 59.4 Å². The number of hydrogen-bond donors (Lipinski definition) is 2. The van der Waals surface area contributed by atoms with Gasteiger partial charge in [0.25, 0.3) is 0 Å². The molecule has 0 spiro atoms. The molecule has 0 aliphatic heterocycles. The number of aryl methyl sites for hydroxylation is 1. The van der Waals surface area contributed by atoms with Crippen molar-refractivity contribution in [3.8, 4) is 0 Å². The molecule has 0 aliphatic rings. The predicted octanol–water partition coefficient (Wildman–Crippen LogP) is -0.775. The molecule has 0 amide bonds. The third-order valence-corrected chi connectivity index (χ3v) is 1.66. The number of thiol groups is 1. The van der Waals surface area contributed by atoms with Gasteiger partial charge in [0, 0.05) is 0 Å². The number of nitrogens with zero attached hydrogens (tertiary/aromatic N) is 2. The van der Waals surface area contributed by atoms with Gasteiger partial charge in [-0.15, -0.1) is 0 Å². The Morgan fingerprint density at radius 1 is 1.50 bits per heavy atom. The van der Waals surface area contributed by atoms with E-state index in [0.29, 0.717) is 11.4 Å². The second kappa shape index (κ2) is 2.78. The number of rotatable bonds is 2. The summed E-state index contributed by atoms with van der Waals surface area (Å²) >= 11 is 0. The van der Waals surface area contributed by atoms with E-state index in [2.05, 4.69) is 15.4 Å². The van der Waals surface area contributed by atoms with Crippen LogP contribution in [0, 0.1) is 6.92 Å². The first-order chi connectivity index (χ1) is 4.70. The van der Waals surface area contributed by atoms with Gasteiger partial charge in [-0.05, 0) is 6.92 Å². The molecule has 0 atom stereocenters. The average molecular weight is 161 g/mol. The SMILES string of the molecule is Cc1n[nH]nc1C[SH](=O)=O. The molecule has 1 heterocycles. The Morgan fingerprint density at radius 2 is 2.20 bits per heavy atom. The molecule has 0 bridgehead atoms. The van der Waals surface area contributed by atoms with Gasteiger partial charge in [0.2, 0.25) is 0 Å². The maximum absolute atomic E-state index is 10.2. The summed E-state index contributed by atoms with van der Waals surface area (Å²) in [5.41, 5.74) is 1.13. The van der Waals surface area contributed by atoms with Crippen LogP contribution in [0.15, 0.2) is 0 Å². The molecule has 5 nitrogen and oxygen atoms in total. The van der Waals surface area contributed by atoms with E-state index in [-0.39, 0.29) is 5.75 Å². The van der Waals surface area contributed by atoms with Crippen molar-refractivity contribution in [1.82, 2.24) is 15.4 Å². The van der Waals surface area contributed by atoms with Crippen LogP contribution in [0.25, 0.3) is 0 Å². The van der Waals surface area contributed by atoms with Crippen LogP contribution in [0.4, 0.5) is 0 Å². The number of hydrogen-bond acceptors (Lipinski definition) is 4. The Hall–Kier alpha value is -0.910. The molecule has 1 aromatic rings. The van der Waals surface area contributed by atoms with Gasteiger partial charge in [0.1, 0.15) is 16.4 Å². The lowest BCUT2D eigenvalue weighted by Crippen LogP contribution is -1.89. The van der Waals surface area contributed by atoms with Crippen molar-refractivity contribution in [2.24, 2.45) is 0 Å². The number of nitrogens with one attached hydrogen (secondary N) is 1. The van der Waals surface area contributed by atoms with Crippen LogP contribution in [0.1, 0.15) is 11.4 Å². The molecule has 0 aromatic carbocycles.